The molecular weight excluding hydrogens is 544 g/mol. The van der Waals surface area contributed by atoms with Crippen molar-refractivity contribution in [3.8, 4) is 0 Å². The number of carbonyl (C=O) groups excluding carboxylic acids is 4. The Balaban J connectivity index is 1.74. The molecule has 43 heavy (non-hydrogen) atoms. The summed E-state index contributed by atoms with van der Waals surface area (Å²) in [5, 5.41) is 7.71. The van der Waals surface area contributed by atoms with Gasteiger partial charge < -0.3 is 26.0 Å². The molecule has 1 aliphatic rings. The average Bonchev–Trinajstić information content (AvgIpc) is 3.65. The van der Waals surface area contributed by atoms with Crippen LogP contribution in [0, 0.1) is 19.8 Å². The van der Waals surface area contributed by atoms with Gasteiger partial charge in [-0.2, -0.15) is 0 Å². The van der Waals surface area contributed by atoms with Gasteiger partial charge in [0.2, 0.25) is 11.8 Å². The predicted octanol–water partition coefficient (Wildman–Crippen LogP) is 5.53. The van der Waals surface area contributed by atoms with Crippen LogP contribution in [0.1, 0.15) is 69.7 Å². The summed E-state index contributed by atoms with van der Waals surface area (Å²) in [6.07, 6.45) is -0.248. The SMILES string of the molecule is Cc1ccc(C(C(=O)Nc2ccc3ccccc3c2)N(C(=O)C(CCC(N)=O)NC(=O)OC(C)(C)C)C2CC2C)cc1C. The largest absolute Gasteiger partial charge is 0.444 e. The molecule has 9 nitrogen and oxygen atoms in total. The van der Waals surface area contributed by atoms with E-state index in [9.17, 15) is 19.2 Å². The Labute approximate surface area is 253 Å². The van der Waals surface area contributed by atoms with Gasteiger partial charge in [-0.3, -0.25) is 14.4 Å². The molecule has 0 aromatic heterocycles. The maximum atomic E-state index is 14.4. The fourth-order valence-corrected chi connectivity index (χ4v) is 5.20. The minimum atomic E-state index is -1.13. The average molecular weight is 587 g/mol. The van der Waals surface area contributed by atoms with E-state index in [1.807, 2.05) is 81.4 Å². The monoisotopic (exact) mass is 586 g/mol. The number of rotatable bonds is 10. The Kier molecular flexibility index (Phi) is 9.43. The zero-order valence-electron chi connectivity index (χ0n) is 25.8. The Morgan fingerprint density at radius 2 is 1.65 bits per heavy atom. The number of fused-ring (bicyclic) bond motifs is 1. The van der Waals surface area contributed by atoms with Crippen LogP contribution in [0.4, 0.5) is 10.5 Å². The summed E-state index contributed by atoms with van der Waals surface area (Å²) in [5.41, 5.74) is 7.92. The molecule has 3 aromatic carbocycles. The number of anilines is 1. The van der Waals surface area contributed by atoms with E-state index in [0.717, 1.165) is 21.9 Å². The van der Waals surface area contributed by atoms with E-state index in [2.05, 4.69) is 10.6 Å². The van der Waals surface area contributed by atoms with Crippen LogP contribution in [0.15, 0.2) is 60.7 Å². The second kappa shape index (κ2) is 12.9. The van der Waals surface area contributed by atoms with Crippen molar-refractivity contribution in [2.75, 3.05) is 5.32 Å². The molecule has 1 fully saturated rings. The first-order valence-corrected chi connectivity index (χ1v) is 14.7. The molecule has 1 saturated carbocycles. The number of nitrogens with zero attached hydrogens (tertiary/aromatic N) is 1. The first-order valence-electron chi connectivity index (χ1n) is 14.7. The number of primary amides is 1. The smallest absolute Gasteiger partial charge is 0.408 e. The van der Waals surface area contributed by atoms with E-state index in [-0.39, 0.29) is 30.7 Å². The zero-order valence-corrected chi connectivity index (χ0v) is 25.8. The third-order valence-corrected chi connectivity index (χ3v) is 7.74. The zero-order chi connectivity index (χ0) is 31.5. The van der Waals surface area contributed by atoms with Crippen molar-refractivity contribution in [1.29, 1.82) is 0 Å². The van der Waals surface area contributed by atoms with Gasteiger partial charge in [-0.05, 0) is 93.0 Å². The van der Waals surface area contributed by atoms with Crippen LogP contribution in [-0.4, -0.2) is 46.4 Å². The molecule has 0 heterocycles. The summed E-state index contributed by atoms with van der Waals surface area (Å²) < 4.78 is 5.42. The molecule has 0 aliphatic heterocycles. The van der Waals surface area contributed by atoms with Crippen LogP contribution in [0.5, 0.6) is 0 Å². The Morgan fingerprint density at radius 3 is 2.26 bits per heavy atom. The van der Waals surface area contributed by atoms with E-state index >= 15 is 0 Å². The van der Waals surface area contributed by atoms with Gasteiger partial charge in [-0.25, -0.2) is 4.79 Å². The molecule has 0 saturated heterocycles. The van der Waals surface area contributed by atoms with Gasteiger partial charge in [0.15, 0.2) is 0 Å². The maximum Gasteiger partial charge on any atom is 0.408 e. The van der Waals surface area contributed by atoms with Gasteiger partial charge in [0.1, 0.15) is 17.7 Å². The summed E-state index contributed by atoms with van der Waals surface area (Å²) in [6, 6.07) is 16.9. The summed E-state index contributed by atoms with van der Waals surface area (Å²) in [5.74, 6) is -1.31. The predicted molar refractivity (Wildman–Crippen MR) is 167 cm³/mol. The molecule has 0 spiro atoms. The minimum absolute atomic E-state index is 0.0308. The Bertz CT molecular complexity index is 1530. The summed E-state index contributed by atoms with van der Waals surface area (Å²) >= 11 is 0. The first-order chi connectivity index (χ1) is 20.2. The number of benzene rings is 3. The third-order valence-electron chi connectivity index (χ3n) is 7.74. The molecule has 4 unspecified atom stereocenters. The Morgan fingerprint density at radius 1 is 0.977 bits per heavy atom. The van der Waals surface area contributed by atoms with Crippen molar-refractivity contribution in [1.82, 2.24) is 10.2 Å². The van der Waals surface area contributed by atoms with Crippen LogP contribution in [0.3, 0.4) is 0 Å². The highest BCUT2D eigenvalue weighted by atomic mass is 16.6. The lowest BCUT2D eigenvalue weighted by molar-refractivity contribution is -0.142. The van der Waals surface area contributed by atoms with Crippen molar-refractivity contribution in [3.63, 3.8) is 0 Å². The standard InChI is InChI=1S/C34H42N4O5/c1-20-11-12-25(17-21(20)2)30(31(40)36-26-14-13-23-9-7-8-10-24(23)19-26)38(28-18-22(28)3)32(41)27(15-16-29(35)39)37-33(42)43-34(4,5)6/h7-14,17,19,22,27-28,30H,15-16,18H2,1-6H3,(H2,35,39)(H,36,40)(H,37,42). The number of hydrogen-bond donors (Lipinski definition) is 3. The topological polar surface area (TPSA) is 131 Å². The highest BCUT2D eigenvalue weighted by Gasteiger charge is 2.48. The van der Waals surface area contributed by atoms with Crippen LogP contribution in [-0.2, 0) is 19.1 Å². The van der Waals surface area contributed by atoms with E-state index in [1.165, 1.54) is 0 Å². The molecule has 1 aliphatic carbocycles. The maximum absolute atomic E-state index is 14.4. The number of carbonyl (C=O) groups is 4. The quantitative estimate of drug-likeness (QED) is 0.287. The molecule has 0 bridgehead atoms. The number of aryl methyl sites for hydroxylation is 2. The van der Waals surface area contributed by atoms with Crippen molar-refractivity contribution in [3.05, 3.63) is 77.4 Å². The molecule has 4 amide bonds. The Hall–Kier alpha value is -4.40. The normalized spacial score (nSPS) is 17.4. The highest BCUT2D eigenvalue weighted by Crippen LogP contribution is 2.41. The van der Waals surface area contributed by atoms with Gasteiger partial charge in [0, 0.05) is 18.2 Å². The van der Waals surface area contributed by atoms with Gasteiger partial charge in [-0.1, -0.05) is 55.5 Å². The van der Waals surface area contributed by atoms with E-state index in [4.69, 9.17) is 10.5 Å². The molecule has 228 valence electrons. The number of amides is 4. The number of ether oxygens (including phenoxy) is 1. The summed E-state index contributed by atoms with van der Waals surface area (Å²) in [6.45, 7) is 11.1. The molecule has 3 aromatic rings. The number of alkyl carbamates (subject to hydrolysis) is 1. The van der Waals surface area contributed by atoms with Crippen LogP contribution >= 0.6 is 0 Å². The highest BCUT2D eigenvalue weighted by molar-refractivity contribution is 6.00. The third kappa shape index (κ3) is 8.12. The lowest BCUT2D eigenvalue weighted by Gasteiger charge is -2.35. The number of nitrogens with two attached hydrogens (primary N) is 1. The fourth-order valence-electron chi connectivity index (χ4n) is 5.20. The fraction of sp³-hybridized carbons (Fsp3) is 0.412. The van der Waals surface area contributed by atoms with Gasteiger partial charge in [-0.15, -0.1) is 0 Å². The van der Waals surface area contributed by atoms with Crippen molar-refractivity contribution in [2.45, 2.75) is 84.5 Å². The second-order valence-corrected chi connectivity index (χ2v) is 12.5. The van der Waals surface area contributed by atoms with Crippen molar-refractivity contribution < 1.29 is 23.9 Å². The van der Waals surface area contributed by atoms with Gasteiger partial charge in [0.05, 0.1) is 0 Å². The second-order valence-electron chi connectivity index (χ2n) is 12.5. The lowest BCUT2D eigenvalue weighted by Crippen LogP contribution is -2.53. The van der Waals surface area contributed by atoms with Crippen molar-refractivity contribution >= 4 is 40.3 Å². The summed E-state index contributed by atoms with van der Waals surface area (Å²) in [7, 11) is 0. The van der Waals surface area contributed by atoms with E-state index < -0.39 is 35.6 Å². The van der Waals surface area contributed by atoms with E-state index in [0.29, 0.717) is 17.7 Å². The van der Waals surface area contributed by atoms with Gasteiger partial charge in [0.25, 0.3) is 5.91 Å². The first kappa shape index (κ1) is 31.5. The minimum Gasteiger partial charge on any atom is -0.444 e. The molecule has 4 N–H and O–H groups in total. The molecule has 9 heteroatoms. The van der Waals surface area contributed by atoms with Crippen LogP contribution < -0.4 is 16.4 Å². The molecule has 0 radical (unpaired) electrons. The number of nitrogens with one attached hydrogen (secondary N) is 2. The van der Waals surface area contributed by atoms with Crippen LogP contribution in [0.25, 0.3) is 10.8 Å². The number of hydrogen-bond acceptors (Lipinski definition) is 5. The molecule has 4 atom stereocenters. The van der Waals surface area contributed by atoms with Crippen LogP contribution in [0.2, 0.25) is 0 Å². The van der Waals surface area contributed by atoms with E-state index in [1.54, 1.807) is 25.7 Å². The molecule has 4 rings (SSSR count). The molecular formula is C34H42N4O5. The van der Waals surface area contributed by atoms with Crippen molar-refractivity contribution in [2.24, 2.45) is 11.7 Å². The van der Waals surface area contributed by atoms with Gasteiger partial charge >= 0.3 is 6.09 Å². The lowest BCUT2D eigenvalue weighted by atomic mass is 9.97. The summed E-state index contributed by atoms with van der Waals surface area (Å²) in [4.78, 5) is 54.7.